The first-order chi connectivity index (χ1) is 10.3. The van der Waals surface area contributed by atoms with E-state index in [1.165, 1.54) is 0 Å². The second-order valence-corrected chi connectivity index (χ2v) is 4.91. The highest BCUT2D eigenvalue weighted by Gasteiger charge is 2.07. The van der Waals surface area contributed by atoms with Crippen LogP contribution in [0.4, 0.5) is 0 Å². The van der Waals surface area contributed by atoms with Crippen molar-refractivity contribution in [2.75, 3.05) is 0 Å². The molecule has 0 bridgehead atoms. The molecule has 21 heavy (non-hydrogen) atoms. The Hall–Kier alpha value is -2.57. The molecule has 0 atom stereocenters. The van der Waals surface area contributed by atoms with E-state index in [2.05, 4.69) is 11.1 Å². The summed E-state index contributed by atoms with van der Waals surface area (Å²) in [4.78, 5) is 4.02. The van der Waals surface area contributed by atoms with Crippen LogP contribution in [0, 0.1) is 11.3 Å². The number of hydrogen-bond acceptors (Lipinski definition) is 3. The number of hydrogen-bond donors (Lipinski definition) is 0. The summed E-state index contributed by atoms with van der Waals surface area (Å²) in [5.74, 6) is 0.739. The molecule has 0 spiro atoms. The van der Waals surface area contributed by atoms with Gasteiger partial charge in [0.15, 0.2) is 0 Å². The molecule has 3 rings (SSSR count). The zero-order valence-corrected chi connectivity index (χ0v) is 11.8. The van der Waals surface area contributed by atoms with Crippen LogP contribution < -0.4 is 4.74 Å². The van der Waals surface area contributed by atoms with E-state index in [-0.39, 0.29) is 0 Å². The summed E-state index contributed by atoms with van der Waals surface area (Å²) in [7, 11) is 0. The lowest BCUT2D eigenvalue weighted by atomic mass is 10.1. The third-order valence-corrected chi connectivity index (χ3v) is 3.54. The van der Waals surface area contributed by atoms with Gasteiger partial charge in [-0.3, -0.25) is 0 Å². The van der Waals surface area contributed by atoms with Gasteiger partial charge in [-0.2, -0.15) is 5.26 Å². The van der Waals surface area contributed by atoms with Gasteiger partial charge < -0.3 is 4.74 Å². The second-order valence-electron chi connectivity index (χ2n) is 4.50. The Balaban J connectivity index is 1.93. The maximum absolute atomic E-state index is 9.04. The fraction of sp³-hybridized carbons (Fsp3) is 0.0588. The standard InChI is InChI=1S/C17H11ClN2O/c18-15-7-8-17(14-6-2-1-5-13(14)15)21-11-12-4-3-9-20-16(12)10-19/h1-9H,11H2. The van der Waals surface area contributed by atoms with Gasteiger partial charge in [-0.15, -0.1) is 0 Å². The van der Waals surface area contributed by atoms with Crippen LogP contribution in [0.5, 0.6) is 5.75 Å². The molecule has 0 radical (unpaired) electrons. The molecule has 0 N–H and O–H groups in total. The molecule has 0 aliphatic heterocycles. The van der Waals surface area contributed by atoms with E-state index in [1.54, 1.807) is 12.3 Å². The maximum Gasteiger partial charge on any atom is 0.147 e. The highest BCUT2D eigenvalue weighted by Crippen LogP contribution is 2.31. The minimum atomic E-state index is 0.294. The van der Waals surface area contributed by atoms with Crippen molar-refractivity contribution in [2.45, 2.75) is 6.61 Å². The van der Waals surface area contributed by atoms with E-state index in [9.17, 15) is 0 Å². The maximum atomic E-state index is 9.04. The third kappa shape index (κ3) is 2.67. The SMILES string of the molecule is N#Cc1ncccc1COc1ccc(Cl)c2ccccc12. The number of ether oxygens (including phenoxy) is 1. The fourth-order valence-electron chi connectivity index (χ4n) is 2.17. The smallest absolute Gasteiger partial charge is 0.147 e. The van der Waals surface area contributed by atoms with Gasteiger partial charge in [0, 0.05) is 27.6 Å². The van der Waals surface area contributed by atoms with E-state index in [0.29, 0.717) is 17.3 Å². The van der Waals surface area contributed by atoms with Crippen molar-refractivity contribution < 1.29 is 4.74 Å². The zero-order chi connectivity index (χ0) is 14.7. The van der Waals surface area contributed by atoms with Gasteiger partial charge >= 0.3 is 0 Å². The molecule has 0 fully saturated rings. The Morgan fingerprint density at radius 2 is 1.86 bits per heavy atom. The van der Waals surface area contributed by atoms with Gasteiger partial charge in [-0.05, 0) is 18.2 Å². The van der Waals surface area contributed by atoms with Crippen molar-refractivity contribution in [2.24, 2.45) is 0 Å². The van der Waals surface area contributed by atoms with Crippen molar-refractivity contribution in [1.82, 2.24) is 4.98 Å². The number of nitrogens with zero attached hydrogens (tertiary/aromatic N) is 2. The van der Waals surface area contributed by atoms with Gasteiger partial charge in [0.25, 0.3) is 0 Å². The zero-order valence-electron chi connectivity index (χ0n) is 11.1. The molecule has 0 saturated carbocycles. The number of benzene rings is 2. The lowest BCUT2D eigenvalue weighted by molar-refractivity contribution is 0.309. The molecule has 0 unspecified atom stereocenters. The molecular formula is C17H11ClN2O. The molecule has 3 nitrogen and oxygen atoms in total. The molecular weight excluding hydrogens is 284 g/mol. The summed E-state index contributed by atoms with van der Waals surface area (Å²) in [5, 5.41) is 11.6. The monoisotopic (exact) mass is 294 g/mol. The summed E-state index contributed by atoms with van der Waals surface area (Å²) in [6, 6.07) is 17.1. The summed E-state index contributed by atoms with van der Waals surface area (Å²) in [6.07, 6.45) is 1.60. The van der Waals surface area contributed by atoms with Gasteiger partial charge in [0.05, 0.1) is 0 Å². The number of halogens is 1. The van der Waals surface area contributed by atoms with Crippen LogP contribution in [-0.4, -0.2) is 4.98 Å². The largest absolute Gasteiger partial charge is 0.488 e. The van der Waals surface area contributed by atoms with E-state index in [0.717, 1.165) is 22.1 Å². The normalized spacial score (nSPS) is 10.3. The summed E-state index contributed by atoms with van der Waals surface area (Å²) >= 11 is 6.19. The predicted molar refractivity (Wildman–Crippen MR) is 82.2 cm³/mol. The number of aromatic nitrogens is 1. The second kappa shape index (κ2) is 5.82. The van der Waals surface area contributed by atoms with Crippen LogP contribution >= 0.6 is 11.6 Å². The summed E-state index contributed by atoms with van der Waals surface area (Å²) < 4.78 is 5.85. The lowest BCUT2D eigenvalue weighted by Crippen LogP contribution is -2.00. The average Bonchev–Trinajstić information content (AvgIpc) is 2.55. The third-order valence-electron chi connectivity index (χ3n) is 3.21. The number of rotatable bonds is 3. The minimum Gasteiger partial charge on any atom is -0.488 e. The average molecular weight is 295 g/mol. The quantitative estimate of drug-likeness (QED) is 0.722. The van der Waals surface area contributed by atoms with Gasteiger partial charge in [0.1, 0.15) is 24.1 Å². The van der Waals surface area contributed by atoms with E-state index in [1.807, 2.05) is 42.5 Å². The Morgan fingerprint density at radius 3 is 2.67 bits per heavy atom. The van der Waals surface area contributed by atoms with Gasteiger partial charge in [-0.1, -0.05) is 41.9 Å². The molecule has 1 aromatic heterocycles. The number of pyridine rings is 1. The molecule has 0 aliphatic carbocycles. The Kier molecular flexibility index (Phi) is 3.72. The van der Waals surface area contributed by atoms with Crippen LogP contribution in [0.1, 0.15) is 11.3 Å². The Bertz CT molecular complexity index is 840. The first-order valence-corrected chi connectivity index (χ1v) is 6.81. The van der Waals surface area contributed by atoms with Crippen LogP contribution in [0.15, 0.2) is 54.7 Å². The Labute approximate surface area is 127 Å². The van der Waals surface area contributed by atoms with Crippen molar-refractivity contribution >= 4 is 22.4 Å². The van der Waals surface area contributed by atoms with E-state index < -0.39 is 0 Å². The first-order valence-electron chi connectivity index (χ1n) is 6.43. The molecule has 3 aromatic rings. The number of nitriles is 1. The van der Waals surface area contributed by atoms with Crippen molar-refractivity contribution in [3.05, 3.63) is 71.0 Å². The Morgan fingerprint density at radius 1 is 1.05 bits per heavy atom. The molecule has 0 amide bonds. The topological polar surface area (TPSA) is 45.9 Å². The van der Waals surface area contributed by atoms with Crippen molar-refractivity contribution in [1.29, 1.82) is 5.26 Å². The van der Waals surface area contributed by atoms with Crippen LogP contribution in [0.25, 0.3) is 10.8 Å². The predicted octanol–water partition coefficient (Wildman–Crippen LogP) is 4.34. The van der Waals surface area contributed by atoms with Gasteiger partial charge in [-0.25, -0.2) is 4.98 Å². The molecule has 0 aliphatic rings. The molecule has 0 saturated heterocycles. The lowest BCUT2D eigenvalue weighted by Gasteiger charge is -2.10. The number of fused-ring (bicyclic) bond motifs is 1. The van der Waals surface area contributed by atoms with Crippen LogP contribution in [0.3, 0.4) is 0 Å². The van der Waals surface area contributed by atoms with E-state index in [4.69, 9.17) is 21.6 Å². The summed E-state index contributed by atoms with van der Waals surface area (Å²) in [6.45, 7) is 0.294. The van der Waals surface area contributed by atoms with Gasteiger partial charge in [0.2, 0.25) is 0 Å². The van der Waals surface area contributed by atoms with E-state index >= 15 is 0 Å². The molecule has 2 aromatic carbocycles. The van der Waals surface area contributed by atoms with Crippen LogP contribution in [-0.2, 0) is 6.61 Å². The fourth-order valence-corrected chi connectivity index (χ4v) is 2.40. The summed E-state index contributed by atoms with van der Waals surface area (Å²) in [5.41, 5.74) is 1.15. The molecule has 102 valence electrons. The minimum absolute atomic E-state index is 0.294. The van der Waals surface area contributed by atoms with Crippen molar-refractivity contribution in [3.63, 3.8) is 0 Å². The molecule has 1 heterocycles. The van der Waals surface area contributed by atoms with Crippen LogP contribution in [0.2, 0.25) is 5.02 Å². The first kappa shape index (κ1) is 13.4. The highest BCUT2D eigenvalue weighted by molar-refractivity contribution is 6.35. The van der Waals surface area contributed by atoms with Crippen molar-refractivity contribution in [3.8, 4) is 11.8 Å². The highest BCUT2D eigenvalue weighted by atomic mass is 35.5. The molecule has 4 heteroatoms.